The lowest BCUT2D eigenvalue weighted by atomic mass is 10.2. The summed E-state index contributed by atoms with van der Waals surface area (Å²) in [5, 5.41) is 8.99. The minimum atomic E-state index is -2.37. The highest BCUT2D eigenvalue weighted by Gasteiger charge is 2.10. The molecule has 0 aliphatic heterocycles. The van der Waals surface area contributed by atoms with E-state index in [1.807, 2.05) is 0 Å². The van der Waals surface area contributed by atoms with E-state index >= 15 is 0 Å². The number of aliphatic hydroxyl groups excluding tert-OH is 1. The van der Waals surface area contributed by atoms with Gasteiger partial charge in [0.1, 0.15) is 0 Å². The zero-order valence-corrected chi connectivity index (χ0v) is 7.95. The molecule has 0 radical (unpaired) electrons. The lowest BCUT2D eigenvalue weighted by Crippen LogP contribution is -2.24. The first-order chi connectivity index (χ1) is 6.65. The number of para-hydroxylation sites is 1. The fourth-order valence-corrected chi connectivity index (χ4v) is 1.32. The van der Waals surface area contributed by atoms with E-state index in [9.17, 15) is 8.78 Å². The van der Waals surface area contributed by atoms with Gasteiger partial charge in [-0.05, 0) is 6.07 Å². The first-order valence-corrected chi connectivity index (χ1v) is 4.33. The van der Waals surface area contributed by atoms with Crippen LogP contribution < -0.4 is 4.90 Å². The molecule has 0 saturated carbocycles. The van der Waals surface area contributed by atoms with Gasteiger partial charge in [0.15, 0.2) is 0 Å². The second kappa shape index (κ2) is 4.91. The molecule has 2 nitrogen and oxygen atoms in total. The van der Waals surface area contributed by atoms with Crippen LogP contribution in [0.15, 0.2) is 24.3 Å². The summed E-state index contributed by atoms with van der Waals surface area (Å²) in [6.07, 6.45) is -2.37. The van der Waals surface area contributed by atoms with Gasteiger partial charge in [0.25, 0.3) is 6.43 Å². The summed E-state index contributed by atoms with van der Waals surface area (Å²) in [5.41, 5.74) is 1.31. The third-order valence-electron chi connectivity index (χ3n) is 1.99. The van der Waals surface area contributed by atoms with Crippen molar-refractivity contribution < 1.29 is 13.9 Å². The van der Waals surface area contributed by atoms with E-state index in [1.54, 1.807) is 31.3 Å². The summed E-state index contributed by atoms with van der Waals surface area (Å²) in [4.78, 5) is 1.44. The Morgan fingerprint density at radius 1 is 1.36 bits per heavy atom. The number of hydrogen-bond acceptors (Lipinski definition) is 2. The van der Waals surface area contributed by atoms with Crippen molar-refractivity contribution in [2.24, 2.45) is 0 Å². The largest absolute Gasteiger partial charge is 0.392 e. The molecule has 0 aliphatic rings. The highest BCUT2D eigenvalue weighted by atomic mass is 19.3. The number of halogens is 2. The lowest BCUT2D eigenvalue weighted by molar-refractivity contribution is 0.156. The van der Waals surface area contributed by atoms with Crippen LogP contribution in [-0.2, 0) is 6.61 Å². The molecule has 0 aliphatic carbocycles. The lowest BCUT2D eigenvalue weighted by Gasteiger charge is -2.21. The number of alkyl halides is 2. The Balaban J connectivity index is 2.82. The molecule has 0 bridgehead atoms. The first-order valence-electron chi connectivity index (χ1n) is 4.33. The Bertz CT molecular complexity index is 291. The van der Waals surface area contributed by atoms with Crippen molar-refractivity contribution in [3.05, 3.63) is 29.8 Å². The topological polar surface area (TPSA) is 23.5 Å². The summed E-state index contributed by atoms with van der Waals surface area (Å²) in [6.45, 7) is -0.458. The van der Waals surface area contributed by atoms with E-state index in [2.05, 4.69) is 0 Å². The normalized spacial score (nSPS) is 10.6. The van der Waals surface area contributed by atoms with Crippen LogP contribution in [0.1, 0.15) is 5.56 Å². The van der Waals surface area contributed by atoms with Gasteiger partial charge in [-0.25, -0.2) is 8.78 Å². The van der Waals surface area contributed by atoms with E-state index < -0.39 is 6.43 Å². The van der Waals surface area contributed by atoms with Crippen molar-refractivity contribution in [1.82, 2.24) is 0 Å². The summed E-state index contributed by atoms with van der Waals surface area (Å²) < 4.78 is 24.2. The Kier molecular flexibility index (Phi) is 3.83. The molecule has 1 N–H and O–H groups in total. The minimum Gasteiger partial charge on any atom is -0.392 e. The van der Waals surface area contributed by atoms with Gasteiger partial charge in [0, 0.05) is 18.3 Å². The number of rotatable bonds is 4. The van der Waals surface area contributed by atoms with Crippen LogP contribution in [0.4, 0.5) is 14.5 Å². The second-order valence-corrected chi connectivity index (χ2v) is 3.06. The zero-order valence-electron chi connectivity index (χ0n) is 7.95. The predicted octanol–water partition coefficient (Wildman–Crippen LogP) is 1.88. The Morgan fingerprint density at radius 2 is 2.00 bits per heavy atom. The average molecular weight is 201 g/mol. The van der Waals surface area contributed by atoms with E-state index in [4.69, 9.17) is 5.11 Å². The van der Waals surface area contributed by atoms with E-state index in [-0.39, 0.29) is 13.2 Å². The molecule has 0 amide bonds. The maximum absolute atomic E-state index is 12.1. The van der Waals surface area contributed by atoms with E-state index in [0.717, 1.165) is 0 Å². The van der Waals surface area contributed by atoms with Crippen LogP contribution in [0, 0.1) is 0 Å². The second-order valence-electron chi connectivity index (χ2n) is 3.06. The fraction of sp³-hybridized carbons (Fsp3) is 0.400. The SMILES string of the molecule is CN(CC(F)F)c1ccccc1CO. The minimum absolute atomic E-state index is 0.135. The van der Waals surface area contributed by atoms with Crippen molar-refractivity contribution in [1.29, 1.82) is 0 Å². The van der Waals surface area contributed by atoms with Crippen LogP contribution >= 0.6 is 0 Å². The summed E-state index contributed by atoms with van der Waals surface area (Å²) in [6, 6.07) is 6.97. The van der Waals surface area contributed by atoms with E-state index in [1.165, 1.54) is 4.90 Å². The highest BCUT2D eigenvalue weighted by Crippen LogP contribution is 2.19. The number of anilines is 1. The van der Waals surface area contributed by atoms with Gasteiger partial charge in [-0.15, -0.1) is 0 Å². The first kappa shape index (κ1) is 10.9. The summed E-state index contributed by atoms with van der Waals surface area (Å²) >= 11 is 0. The number of hydrogen-bond donors (Lipinski definition) is 1. The van der Waals surface area contributed by atoms with Gasteiger partial charge in [-0.2, -0.15) is 0 Å². The number of benzene rings is 1. The summed E-state index contributed by atoms with van der Waals surface area (Å²) in [5.74, 6) is 0. The molecule has 0 unspecified atom stereocenters. The monoisotopic (exact) mass is 201 g/mol. The number of aliphatic hydroxyl groups is 1. The van der Waals surface area contributed by atoms with Crippen LogP contribution in [0.25, 0.3) is 0 Å². The highest BCUT2D eigenvalue weighted by molar-refractivity contribution is 5.52. The van der Waals surface area contributed by atoms with Crippen molar-refractivity contribution >= 4 is 5.69 Å². The molecule has 1 aromatic carbocycles. The Labute approximate surface area is 81.8 Å². The molecule has 0 atom stereocenters. The maximum atomic E-state index is 12.1. The van der Waals surface area contributed by atoms with Gasteiger partial charge in [0.2, 0.25) is 0 Å². The smallest absolute Gasteiger partial charge is 0.255 e. The molecular formula is C10H13F2NO. The third-order valence-corrected chi connectivity index (χ3v) is 1.99. The van der Waals surface area contributed by atoms with Gasteiger partial charge < -0.3 is 10.0 Å². The van der Waals surface area contributed by atoms with Gasteiger partial charge >= 0.3 is 0 Å². The zero-order chi connectivity index (χ0) is 10.6. The molecule has 4 heteroatoms. The van der Waals surface area contributed by atoms with Crippen LogP contribution in [0.3, 0.4) is 0 Å². The molecule has 0 aromatic heterocycles. The van der Waals surface area contributed by atoms with Gasteiger partial charge in [-0.1, -0.05) is 18.2 Å². The van der Waals surface area contributed by atoms with Crippen molar-refractivity contribution in [2.45, 2.75) is 13.0 Å². The third kappa shape index (κ3) is 2.67. The van der Waals surface area contributed by atoms with Crippen molar-refractivity contribution in [3.63, 3.8) is 0 Å². The van der Waals surface area contributed by atoms with Crippen LogP contribution in [0.5, 0.6) is 0 Å². The summed E-state index contributed by atoms with van der Waals surface area (Å²) in [7, 11) is 1.58. The molecular weight excluding hydrogens is 188 g/mol. The van der Waals surface area contributed by atoms with Gasteiger partial charge in [-0.3, -0.25) is 0 Å². The molecule has 78 valence electrons. The molecule has 14 heavy (non-hydrogen) atoms. The predicted molar refractivity (Wildman–Crippen MR) is 51.6 cm³/mol. The molecule has 0 heterocycles. The van der Waals surface area contributed by atoms with Crippen molar-refractivity contribution in [3.8, 4) is 0 Å². The van der Waals surface area contributed by atoms with Crippen LogP contribution in [-0.4, -0.2) is 25.1 Å². The van der Waals surface area contributed by atoms with Crippen molar-refractivity contribution in [2.75, 3.05) is 18.5 Å². The molecule has 0 spiro atoms. The standard InChI is InChI=1S/C10H13F2NO/c1-13(6-10(11)12)9-5-3-2-4-8(9)7-14/h2-5,10,14H,6-7H2,1H3. The van der Waals surface area contributed by atoms with Crippen LogP contribution in [0.2, 0.25) is 0 Å². The quantitative estimate of drug-likeness (QED) is 0.804. The average Bonchev–Trinajstić information content (AvgIpc) is 2.16. The Morgan fingerprint density at radius 3 is 2.57 bits per heavy atom. The molecule has 0 saturated heterocycles. The number of nitrogens with zero attached hydrogens (tertiary/aromatic N) is 1. The van der Waals surface area contributed by atoms with Gasteiger partial charge in [0.05, 0.1) is 13.2 Å². The van der Waals surface area contributed by atoms with E-state index in [0.29, 0.717) is 11.3 Å². The molecule has 1 rings (SSSR count). The Hall–Kier alpha value is -1.16. The molecule has 0 fully saturated rings. The maximum Gasteiger partial charge on any atom is 0.255 e. The fourth-order valence-electron chi connectivity index (χ4n) is 1.32. The molecule has 1 aromatic rings.